The molecule has 2 atom stereocenters. The summed E-state index contributed by atoms with van der Waals surface area (Å²) >= 11 is 0. The van der Waals surface area contributed by atoms with Crippen LogP contribution in [-0.4, -0.2) is 32.3 Å². The summed E-state index contributed by atoms with van der Waals surface area (Å²) in [6.07, 6.45) is 1.90. The normalized spacial score (nSPS) is 22.7. The molecule has 0 aromatic heterocycles. The van der Waals surface area contributed by atoms with E-state index in [-0.39, 0.29) is 11.9 Å². The highest BCUT2D eigenvalue weighted by Gasteiger charge is 2.26. The van der Waals surface area contributed by atoms with Crippen LogP contribution in [0.4, 0.5) is 10.1 Å². The SMILES string of the molecule is NC1CC(Cc2ccc(F)cc2)CN(c2ccc3c(c2)OCCO3)C1. The van der Waals surface area contributed by atoms with E-state index in [2.05, 4.69) is 11.0 Å². The van der Waals surface area contributed by atoms with E-state index in [1.807, 2.05) is 24.3 Å². The lowest BCUT2D eigenvalue weighted by atomic mass is 9.88. The lowest BCUT2D eigenvalue weighted by Crippen LogP contribution is -2.47. The lowest BCUT2D eigenvalue weighted by molar-refractivity contribution is 0.171. The molecule has 0 amide bonds. The minimum Gasteiger partial charge on any atom is -0.486 e. The molecule has 1 fully saturated rings. The van der Waals surface area contributed by atoms with E-state index >= 15 is 0 Å². The number of halogens is 1. The number of piperidine rings is 1. The van der Waals surface area contributed by atoms with Crippen LogP contribution >= 0.6 is 0 Å². The zero-order chi connectivity index (χ0) is 17.2. The summed E-state index contributed by atoms with van der Waals surface area (Å²) in [7, 11) is 0. The molecule has 2 aromatic carbocycles. The Balaban J connectivity index is 1.49. The number of hydrogen-bond donors (Lipinski definition) is 1. The van der Waals surface area contributed by atoms with Crippen molar-refractivity contribution >= 4 is 5.69 Å². The number of nitrogens with two attached hydrogens (primary N) is 1. The number of nitrogens with zero attached hydrogens (tertiary/aromatic N) is 1. The quantitative estimate of drug-likeness (QED) is 0.932. The van der Waals surface area contributed by atoms with Crippen LogP contribution in [0.3, 0.4) is 0 Å². The molecule has 2 aliphatic rings. The number of anilines is 1. The average Bonchev–Trinajstić information content (AvgIpc) is 2.63. The van der Waals surface area contributed by atoms with Crippen LogP contribution < -0.4 is 20.1 Å². The summed E-state index contributed by atoms with van der Waals surface area (Å²) in [5, 5.41) is 0. The second-order valence-corrected chi connectivity index (χ2v) is 6.93. The first-order chi connectivity index (χ1) is 12.2. The Morgan fingerprint density at radius 2 is 1.76 bits per heavy atom. The monoisotopic (exact) mass is 342 g/mol. The molecule has 2 unspecified atom stereocenters. The topological polar surface area (TPSA) is 47.7 Å². The first-order valence-corrected chi connectivity index (χ1v) is 8.82. The standard InChI is InChI=1S/C20H23FN2O2/c21-16-3-1-14(2-4-16)9-15-10-17(22)13-23(12-15)18-5-6-19-20(11-18)25-8-7-24-19/h1-6,11,15,17H,7-10,12-13,22H2. The number of benzene rings is 2. The van der Waals surface area contributed by atoms with Gasteiger partial charge in [0.2, 0.25) is 0 Å². The summed E-state index contributed by atoms with van der Waals surface area (Å²) in [5.74, 6) is 1.86. The molecule has 2 heterocycles. The van der Waals surface area contributed by atoms with E-state index in [4.69, 9.17) is 15.2 Å². The van der Waals surface area contributed by atoms with Crippen molar-refractivity contribution in [1.29, 1.82) is 0 Å². The van der Waals surface area contributed by atoms with E-state index in [9.17, 15) is 4.39 Å². The Morgan fingerprint density at radius 3 is 2.56 bits per heavy atom. The molecule has 2 aromatic rings. The zero-order valence-electron chi connectivity index (χ0n) is 14.2. The minimum atomic E-state index is -0.193. The molecule has 0 radical (unpaired) electrons. The van der Waals surface area contributed by atoms with Crippen LogP contribution in [0.25, 0.3) is 0 Å². The summed E-state index contributed by atoms with van der Waals surface area (Å²) < 4.78 is 24.4. The second-order valence-electron chi connectivity index (χ2n) is 6.93. The van der Waals surface area contributed by atoms with Gasteiger partial charge >= 0.3 is 0 Å². The van der Waals surface area contributed by atoms with Crippen molar-refractivity contribution in [2.24, 2.45) is 11.7 Å². The van der Waals surface area contributed by atoms with E-state index < -0.39 is 0 Å². The largest absolute Gasteiger partial charge is 0.486 e. The van der Waals surface area contributed by atoms with Gasteiger partial charge in [0.25, 0.3) is 0 Å². The summed E-state index contributed by atoms with van der Waals surface area (Å²) in [5.41, 5.74) is 8.58. The van der Waals surface area contributed by atoms with Crippen LogP contribution in [0.2, 0.25) is 0 Å². The molecular formula is C20H23FN2O2. The van der Waals surface area contributed by atoms with Gasteiger partial charge in [-0.25, -0.2) is 4.39 Å². The number of rotatable bonds is 3. The predicted molar refractivity (Wildman–Crippen MR) is 95.8 cm³/mol. The summed E-state index contributed by atoms with van der Waals surface area (Å²) in [6.45, 7) is 2.95. The first kappa shape index (κ1) is 16.2. The van der Waals surface area contributed by atoms with E-state index in [0.717, 1.165) is 48.7 Å². The Morgan fingerprint density at radius 1 is 1.00 bits per heavy atom. The van der Waals surface area contributed by atoms with Gasteiger partial charge in [-0.2, -0.15) is 0 Å². The molecular weight excluding hydrogens is 319 g/mol. The lowest BCUT2D eigenvalue weighted by Gasteiger charge is -2.38. The average molecular weight is 342 g/mol. The molecule has 25 heavy (non-hydrogen) atoms. The Bertz CT molecular complexity index is 735. The van der Waals surface area contributed by atoms with Crippen molar-refractivity contribution in [1.82, 2.24) is 0 Å². The van der Waals surface area contributed by atoms with Crippen molar-refractivity contribution in [2.75, 3.05) is 31.2 Å². The van der Waals surface area contributed by atoms with Gasteiger partial charge in [-0.15, -0.1) is 0 Å². The predicted octanol–water partition coefficient (Wildman–Crippen LogP) is 2.99. The third-order valence-corrected chi connectivity index (χ3v) is 4.90. The Kier molecular flexibility index (Phi) is 4.49. The van der Waals surface area contributed by atoms with Gasteiger partial charge in [-0.1, -0.05) is 12.1 Å². The third-order valence-electron chi connectivity index (χ3n) is 4.90. The minimum absolute atomic E-state index is 0.132. The summed E-state index contributed by atoms with van der Waals surface area (Å²) in [4.78, 5) is 2.32. The Labute approximate surface area is 147 Å². The van der Waals surface area contributed by atoms with Gasteiger partial charge in [0.15, 0.2) is 11.5 Å². The molecule has 4 rings (SSSR count). The maximum absolute atomic E-state index is 13.1. The molecule has 4 nitrogen and oxygen atoms in total. The number of ether oxygens (including phenoxy) is 2. The number of fused-ring (bicyclic) bond motifs is 1. The first-order valence-electron chi connectivity index (χ1n) is 8.82. The van der Waals surface area contributed by atoms with Crippen LogP contribution in [-0.2, 0) is 6.42 Å². The highest BCUT2D eigenvalue weighted by Crippen LogP contribution is 2.35. The van der Waals surface area contributed by atoms with Gasteiger partial charge in [0.05, 0.1) is 0 Å². The highest BCUT2D eigenvalue weighted by atomic mass is 19.1. The molecule has 5 heteroatoms. The van der Waals surface area contributed by atoms with Crippen molar-refractivity contribution in [3.63, 3.8) is 0 Å². The van der Waals surface area contributed by atoms with Crippen molar-refractivity contribution in [3.8, 4) is 11.5 Å². The van der Waals surface area contributed by atoms with Crippen LogP contribution in [0.1, 0.15) is 12.0 Å². The maximum atomic E-state index is 13.1. The van der Waals surface area contributed by atoms with Gasteiger partial charge < -0.3 is 20.1 Å². The van der Waals surface area contributed by atoms with E-state index in [1.165, 1.54) is 12.1 Å². The molecule has 2 N–H and O–H groups in total. The smallest absolute Gasteiger partial charge is 0.163 e. The molecule has 2 aliphatic heterocycles. The molecule has 0 saturated carbocycles. The fraction of sp³-hybridized carbons (Fsp3) is 0.400. The maximum Gasteiger partial charge on any atom is 0.163 e. The molecule has 0 spiro atoms. The van der Waals surface area contributed by atoms with Gasteiger partial charge in [-0.05, 0) is 48.6 Å². The van der Waals surface area contributed by atoms with Gasteiger partial charge in [0, 0.05) is 30.9 Å². The van der Waals surface area contributed by atoms with Crippen LogP contribution in [0.15, 0.2) is 42.5 Å². The van der Waals surface area contributed by atoms with E-state index in [1.54, 1.807) is 0 Å². The van der Waals surface area contributed by atoms with Crippen LogP contribution in [0, 0.1) is 11.7 Å². The van der Waals surface area contributed by atoms with Crippen molar-refractivity contribution < 1.29 is 13.9 Å². The highest BCUT2D eigenvalue weighted by molar-refractivity contribution is 5.57. The second kappa shape index (κ2) is 6.92. The fourth-order valence-electron chi connectivity index (χ4n) is 3.79. The Hall–Kier alpha value is -2.27. The third kappa shape index (κ3) is 3.71. The van der Waals surface area contributed by atoms with Crippen molar-refractivity contribution in [2.45, 2.75) is 18.9 Å². The molecule has 132 valence electrons. The summed E-state index contributed by atoms with van der Waals surface area (Å²) in [6, 6.07) is 13.0. The molecule has 0 aliphatic carbocycles. The van der Waals surface area contributed by atoms with Crippen LogP contribution in [0.5, 0.6) is 11.5 Å². The number of hydrogen-bond acceptors (Lipinski definition) is 4. The molecule has 1 saturated heterocycles. The van der Waals surface area contributed by atoms with Crippen molar-refractivity contribution in [3.05, 3.63) is 53.8 Å². The van der Waals surface area contributed by atoms with Gasteiger partial charge in [-0.3, -0.25) is 0 Å². The zero-order valence-corrected chi connectivity index (χ0v) is 14.2. The molecule has 0 bridgehead atoms. The van der Waals surface area contributed by atoms with E-state index in [0.29, 0.717) is 19.1 Å². The van der Waals surface area contributed by atoms with Gasteiger partial charge in [0.1, 0.15) is 19.0 Å². The fourth-order valence-corrected chi connectivity index (χ4v) is 3.79.